The van der Waals surface area contributed by atoms with Gasteiger partial charge in [-0.15, -0.1) is 0 Å². The molecule has 3 aromatic rings. The lowest BCUT2D eigenvalue weighted by Crippen LogP contribution is -2.04. The number of rotatable bonds is 3. The Hall–Kier alpha value is -2.76. The molecule has 6 heteroatoms. The summed E-state index contributed by atoms with van der Waals surface area (Å²) in [7, 11) is 1.85. The highest BCUT2D eigenvalue weighted by Crippen LogP contribution is 2.19. The van der Waals surface area contributed by atoms with Gasteiger partial charge in [-0.2, -0.15) is 5.10 Å². The molecule has 0 spiro atoms. The lowest BCUT2D eigenvalue weighted by Gasteiger charge is -2.03. The van der Waals surface area contributed by atoms with Crippen LogP contribution >= 0.6 is 0 Å². The molecule has 0 amide bonds. The topological polar surface area (TPSA) is 55.1 Å². The van der Waals surface area contributed by atoms with Gasteiger partial charge < -0.3 is 4.57 Å². The fraction of sp³-hybridized carbons (Fsp3) is 0.133. The van der Waals surface area contributed by atoms with Gasteiger partial charge in [0.25, 0.3) is 0 Å². The number of nitrogens with zero attached hydrogens (tertiary/aromatic N) is 4. The molecule has 0 bridgehead atoms. The first-order chi connectivity index (χ1) is 10.1. The second-order valence-corrected chi connectivity index (χ2v) is 4.65. The summed E-state index contributed by atoms with van der Waals surface area (Å²) in [4.78, 5) is 8.54. The highest BCUT2D eigenvalue weighted by atomic mass is 19.1. The Morgan fingerprint density at radius 3 is 2.90 bits per heavy atom. The van der Waals surface area contributed by atoms with E-state index in [1.807, 2.05) is 36.7 Å². The molecule has 0 aliphatic heterocycles. The maximum absolute atomic E-state index is 13.2. The zero-order valence-electron chi connectivity index (χ0n) is 11.7. The van der Waals surface area contributed by atoms with E-state index in [1.165, 1.54) is 12.1 Å². The van der Waals surface area contributed by atoms with Crippen LogP contribution in [0.2, 0.25) is 0 Å². The van der Waals surface area contributed by atoms with Crippen LogP contribution in [0.1, 0.15) is 12.6 Å². The van der Waals surface area contributed by atoms with Crippen LogP contribution in [0.15, 0.2) is 47.7 Å². The molecular weight excluding hydrogens is 269 g/mol. The summed E-state index contributed by atoms with van der Waals surface area (Å²) < 4.78 is 15.0. The molecule has 3 rings (SSSR count). The van der Waals surface area contributed by atoms with Crippen molar-refractivity contribution in [2.45, 2.75) is 6.92 Å². The number of anilines is 1. The minimum atomic E-state index is -0.305. The molecule has 0 unspecified atom stereocenters. The van der Waals surface area contributed by atoms with Crippen LogP contribution in [0.3, 0.4) is 0 Å². The van der Waals surface area contributed by atoms with E-state index in [0.717, 1.165) is 16.9 Å². The lowest BCUT2D eigenvalue weighted by molar-refractivity contribution is 0.629. The second-order valence-electron chi connectivity index (χ2n) is 4.65. The van der Waals surface area contributed by atoms with Crippen molar-refractivity contribution in [3.8, 4) is 0 Å². The van der Waals surface area contributed by atoms with Gasteiger partial charge in [-0.3, -0.25) is 4.98 Å². The molecular formula is C15H14FN5. The number of aryl methyl sites for hydroxylation is 1. The number of hydrogen-bond donors (Lipinski definition) is 1. The van der Waals surface area contributed by atoms with Crippen LogP contribution in [-0.2, 0) is 7.05 Å². The average molecular weight is 283 g/mol. The molecule has 0 fully saturated rings. The van der Waals surface area contributed by atoms with E-state index in [1.54, 1.807) is 12.3 Å². The molecule has 0 saturated heterocycles. The SMILES string of the molecule is C/C(=N\Nc1nc2cc(F)ccc2n1C)c1ccccn1. The van der Waals surface area contributed by atoms with E-state index in [4.69, 9.17) is 0 Å². The van der Waals surface area contributed by atoms with E-state index >= 15 is 0 Å². The van der Waals surface area contributed by atoms with Crippen LogP contribution in [0, 0.1) is 5.82 Å². The van der Waals surface area contributed by atoms with Gasteiger partial charge >= 0.3 is 0 Å². The van der Waals surface area contributed by atoms with Crippen molar-refractivity contribution < 1.29 is 4.39 Å². The number of nitrogens with one attached hydrogen (secondary N) is 1. The molecule has 0 atom stereocenters. The number of aromatic nitrogens is 3. The summed E-state index contributed by atoms with van der Waals surface area (Å²) in [5, 5.41) is 4.27. The van der Waals surface area contributed by atoms with E-state index in [2.05, 4.69) is 20.5 Å². The van der Waals surface area contributed by atoms with Crippen molar-refractivity contribution in [1.82, 2.24) is 14.5 Å². The summed E-state index contributed by atoms with van der Waals surface area (Å²) in [6.45, 7) is 1.86. The van der Waals surface area contributed by atoms with E-state index < -0.39 is 0 Å². The standard InChI is InChI=1S/C15H14FN5/c1-10(12-5-3-4-8-17-12)19-20-15-18-13-9-11(16)6-7-14(13)21(15)2/h3-9H,1-2H3,(H,18,20)/b19-10+. The first kappa shape index (κ1) is 13.2. The molecule has 0 aliphatic carbocycles. The van der Waals surface area contributed by atoms with E-state index in [0.29, 0.717) is 11.5 Å². The van der Waals surface area contributed by atoms with Gasteiger partial charge in [0.15, 0.2) is 0 Å². The van der Waals surface area contributed by atoms with Crippen molar-refractivity contribution in [2.24, 2.45) is 12.1 Å². The third-order valence-electron chi connectivity index (χ3n) is 3.20. The molecule has 106 valence electrons. The maximum atomic E-state index is 13.2. The average Bonchev–Trinajstić information content (AvgIpc) is 2.81. The zero-order chi connectivity index (χ0) is 14.8. The van der Waals surface area contributed by atoms with Gasteiger partial charge in [0.05, 0.1) is 22.4 Å². The van der Waals surface area contributed by atoms with Crippen LogP contribution in [0.4, 0.5) is 10.3 Å². The second kappa shape index (κ2) is 5.32. The summed E-state index contributed by atoms with van der Waals surface area (Å²) >= 11 is 0. The third-order valence-corrected chi connectivity index (χ3v) is 3.20. The number of hydrogen-bond acceptors (Lipinski definition) is 4. The van der Waals surface area contributed by atoms with Crippen LogP contribution in [0.25, 0.3) is 11.0 Å². The maximum Gasteiger partial charge on any atom is 0.224 e. The van der Waals surface area contributed by atoms with Gasteiger partial charge in [0.1, 0.15) is 5.82 Å². The minimum absolute atomic E-state index is 0.305. The van der Waals surface area contributed by atoms with E-state index in [-0.39, 0.29) is 5.82 Å². The quantitative estimate of drug-likeness (QED) is 0.594. The largest absolute Gasteiger partial charge is 0.312 e. The number of imidazole rings is 1. The molecule has 1 aromatic carbocycles. The zero-order valence-corrected chi connectivity index (χ0v) is 11.7. The highest BCUT2D eigenvalue weighted by molar-refractivity contribution is 5.97. The molecule has 21 heavy (non-hydrogen) atoms. The first-order valence-corrected chi connectivity index (χ1v) is 6.49. The Balaban J connectivity index is 1.90. The summed E-state index contributed by atoms with van der Waals surface area (Å²) in [6, 6.07) is 10.1. The van der Waals surface area contributed by atoms with Gasteiger partial charge in [-0.25, -0.2) is 14.8 Å². The predicted molar refractivity (Wildman–Crippen MR) is 80.7 cm³/mol. The fourth-order valence-electron chi connectivity index (χ4n) is 2.04. The van der Waals surface area contributed by atoms with E-state index in [9.17, 15) is 4.39 Å². The lowest BCUT2D eigenvalue weighted by atomic mass is 10.3. The Morgan fingerprint density at radius 1 is 1.29 bits per heavy atom. The van der Waals surface area contributed by atoms with Crippen molar-refractivity contribution in [3.05, 3.63) is 54.1 Å². The summed E-state index contributed by atoms with van der Waals surface area (Å²) in [6.07, 6.45) is 1.71. The van der Waals surface area contributed by atoms with Crippen molar-refractivity contribution in [1.29, 1.82) is 0 Å². The number of fused-ring (bicyclic) bond motifs is 1. The molecule has 5 nitrogen and oxygen atoms in total. The fourth-order valence-corrected chi connectivity index (χ4v) is 2.04. The monoisotopic (exact) mass is 283 g/mol. The van der Waals surface area contributed by atoms with Gasteiger partial charge in [0.2, 0.25) is 5.95 Å². The van der Waals surface area contributed by atoms with Crippen molar-refractivity contribution in [2.75, 3.05) is 5.43 Å². The molecule has 2 aromatic heterocycles. The predicted octanol–water partition coefficient (Wildman–Crippen LogP) is 2.94. The first-order valence-electron chi connectivity index (χ1n) is 6.49. The van der Waals surface area contributed by atoms with Crippen LogP contribution < -0.4 is 5.43 Å². The van der Waals surface area contributed by atoms with Crippen LogP contribution in [0.5, 0.6) is 0 Å². The number of hydrazone groups is 1. The van der Waals surface area contributed by atoms with Crippen LogP contribution in [-0.4, -0.2) is 20.2 Å². The van der Waals surface area contributed by atoms with Crippen molar-refractivity contribution >= 4 is 22.7 Å². The number of pyridine rings is 1. The number of halogens is 1. The normalized spacial score (nSPS) is 11.9. The Morgan fingerprint density at radius 2 is 2.14 bits per heavy atom. The Kier molecular flexibility index (Phi) is 3.35. The Labute approximate surface area is 121 Å². The molecule has 0 saturated carbocycles. The molecule has 0 aliphatic rings. The summed E-state index contributed by atoms with van der Waals surface area (Å²) in [5.74, 6) is 0.242. The number of benzene rings is 1. The highest BCUT2D eigenvalue weighted by Gasteiger charge is 2.08. The smallest absolute Gasteiger partial charge is 0.224 e. The van der Waals surface area contributed by atoms with Gasteiger partial charge in [-0.1, -0.05) is 6.07 Å². The third kappa shape index (κ3) is 2.60. The molecule has 0 radical (unpaired) electrons. The summed E-state index contributed by atoms with van der Waals surface area (Å²) in [5.41, 5.74) is 5.85. The minimum Gasteiger partial charge on any atom is -0.312 e. The molecule has 1 N–H and O–H groups in total. The van der Waals surface area contributed by atoms with Gasteiger partial charge in [0, 0.05) is 19.3 Å². The Bertz CT molecular complexity index is 808. The molecule has 2 heterocycles. The van der Waals surface area contributed by atoms with Crippen molar-refractivity contribution in [3.63, 3.8) is 0 Å². The van der Waals surface area contributed by atoms with Gasteiger partial charge in [-0.05, 0) is 31.2 Å².